The van der Waals surface area contributed by atoms with Crippen LogP contribution in [0.3, 0.4) is 0 Å². The summed E-state index contributed by atoms with van der Waals surface area (Å²) in [4.78, 5) is 31.4. The molecule has 1 amide bonds. The maximum absolute atomic E-state index is 16.0. The molecule has 10 atom stereocenters. The number of hydrogen-bond acceptors (Lipinski definition) is 7. The third-order valence-electron chi connectivity index (χ3n) is 10.3. The first kappa shape index (κ1) is 25.7. The molecule has 3 aliphatic carbocycles. The number of hydrogen-bond donors (Lipinski definition) is 3. The largest absolute Gasteiger partial charge is 0.369 e. The van der Waals surface area contributed by atoms with Gasteiger partial charge in [-0.2, -0.15) is 0 Å². The van der Waals surface area contributed by atoms with Crippen molar-refractivity contribution in [3.05, 3.63) is 11.8 Å². The Morgan fingerprint density at radius 2 is 1.89 bits per heavy atom. The van der Waals surface area contributed by atoms with Crippen molar-refractivity contribution < 1.29 is 18.7 Å². The number of morpholine rings is 1. The monoisotopic (exact) mass is 517 g/mol. The molecular formula is C28H44FN5O3. The summed E-state index contributed by atoms with van der Waals surface area (Å²) in [5.74, 6) is 0.196. The van der Waals surface area contributed by atoms with Crippen molar-refractivity contribution in [3.8, 4) is 0 Å². The summed E-state index contributed by atoms with van der Waals surface area (Å²) in [6, 6.07) is -0.432. The standard InChI is InChI=1S/C28H44FN5O3/c29-21-13-19-24-27(25(21)33-10-7-18(31)14-33)37-23-12-17-6-2-1-5-16(17)11-22(23)34(24)15-20(26(19)35)28(36)32-9-4-3-8-30/h15-19,21-25,27H,1-14,30-31H2,(H,32,36)/t16?,17?,18-,19?,21?,22?,23?,24?,25?,27?/m1/s1. The van der Waals surface area contributed by atoms with Crippen molar-refractivity contribution in [2.75, 3.05) is 26.2 Å². The first-order valence-corrected chi connectivity index (χ1v) is 14.8. The molecule has 6 aliphatic rings. The zero-order chi connectivity index (χ0) is 25.7. The minimum atomic E-state index is -1.18. The highest BCUT2D eigenvalue weighted by Gasteiger charge is 2.60. The van der Waals surface area contributed by atoms with E-state index in [2.05, 4.69) is 15.1 Å². The number of amides is 1. The van der Waals surface area contributed by atoms with Gasteiger partial charge >= 0.3 is 0 Å². The number of fused-ring (bicyclic) bond motifs is 3. The molecule has 0 spiro atoms. The predicted octanol–water partition coefficient (Wildman–Crippen LogP) is 1.47. The van der Waals surface area contributed by atoms with Crippen LogP contribution < -0.4 is 16.8 Å². The molecule has 6 rings (SSSR count). The van der Waals surface area contributed by atoms with Gasteiger partial charge in [-0.05, 0) is 56.9 Å². The first-order chi connectivity index (χ1) is 18.0. The second-order valence-electron chi connectivity index (χ2n) is 12.5. The highest BCUT2D eigenvalue weighted by molar-refractivity contribution is 6.20. The zero-order valence-corrected chi connectivity index (χ0v) is 21.9. The Balaban J connectivity index is 1.33. The van der Waals surface area contributed by atoms with Crippen LogP contribution in [0, 0.1) is 17.8 Å². The molecule has 0 bridgehead atoms. The lowest BCUT2D eigenvalue weighted by molar-refractivity contribution is -0.219. The van der Waals surface area contributed by atoms with Gasteiger partial charge in [-0.15, -0.1) is 0 Å². The number of nitrogens with two attached hydrogens (primary N) is 2. The molecule has 2 saturated heterocycles. The van der Waals surface area contributed by atoms with Crippen molar-refractivity contribution in [1.82, 2.24) is 15.1 Å². The molecule has 0 radical (unpaired) electrons. The fourth-order valence-corrected chi connectivity index (χ4v) is 8.52. The molecule has 37 heavy (non-hydrogen) atoms. The van der Waals surface area contributed by atoms with Gasteiger partial charge in [0.05, 0.1) is 35.9 Å². The topological polar surface area (TPSA) is 114 Å². The van der Waals surface area contributed by atoms with E-state index in [9.17, 15) is 9.59 Å². The van der Waals surface area contributed by atoms with E-state index in [4.69, 9.17) is 16.2 Å². The van der Waals surface area contributed by atoms with Crippen LogP contribution in [0.4, 0.5) is 4.39 Å². The third-order valence-corrected chi connectivity index (χ3v) is 10.3. The molecule has 0 aromatic heterocycles. The van der Waals surface area contributed by atoms with E-state index in [1.807, 2.05) is 6.20 Å². The lowest BCUT2D eigenvalue weighted by atomic mass is 9.64. The average Bonchev–Trinajstić information content (AvgIpc) is 3.32. The van der Waals surface area contributed by atoms with Crippen LogP contribution in [-0.2, 0) is 14.3 Å². The van der Waals surface area contributed by atoms with Crippen LogP contribution in [0.25, 0.3) is 0 Å². The SMILES string of the molecule is NCCCCNC(=O)C1=CN2C3CC4CCCCC4CC3OC3C(N4CC[C@@H](N)C4)C(F)CC(C1=O)C32. The average molecular weight is 518 g/mol. The summed E-state index contributed by atoms with van der Waals surface area (Å²) >= 11 is 0. The van der Waals surface area contributed by atoms with Gasteiger partial charge in [-0.25, -0.2) is 4.39 Å². The lowest BCUT2D eigenvalue weighted by Gasteiger charge is -2.61. The number of nitrogens with one attached hydrogen (secondary N) is 1. The summed E-state index contributed by atoms with van der Waals surface area (Å²) < 4.78 is 22.9. The molecule has 5 N–H and O–H groups in total. The van der Waals surface area contributed by atoms with Crippen molar-refractivity contribution in [2.45, 2.75) is 107 Å². The number of carbonyl (C=O) groups excluding carboxylic acids is 2. The second kappa shape index (κ2) is 10.5. The molecule has 5 fully saturated rings. The van der Waals surface area contributed by atoms with E-state index in [1.54, 1.807) is 0 Å². The summed E-state index contributed by atoms with van der Waals surface area (Å²) in [5, 5.41) is 2.92. The molecule has 206 valence electrons. The van der Waals surface area contributed by atoms with E-state index in [1.165, 1.54) is 25.7 Å². The molecule has 3 aliphatic heterocycles. The smallest absolute Gasteiger partial charge is 0.256 e. The van der Waals surface area contributed by atoms with Crippen LogP contribution >= 0.6 is 0 Å². The maximum Gasteiger partial charge on any atom is 0.256 e. The Bertz CT molecular complexity index is 916. The van der Waals surface area contributed by atoms with Gasteiger partial charge in [0.1, 0.15) is 6.17 Å². The van der Waals surface area contributed by atoms with Gasteiger partial charge in [0.2, 0.25) is 0 Å². The maximum atomic E-state index is 16.0. The van der Waals surface area contributed by atoms with Crippen LogP contribution in [0.15, 0.2) is 11.8 Å². The van der Waals surface area contributed by atoms with Gasteiger partial charge in [0.15, 0.2) is 5.78 Å². The Kier molecular flexibility index (Phi) is 7.33. The van der Waals surface area contributed by atoms with E-state index >= 15 is 4.39 Å². The Labute approximate surface area is 219 Å². The van der Waals surface area contributed by atoms with Gasteiger partial charge in [-0.3, -0.25) is 14.5 Å². The molecule has 0 aromatic carbocycles. The number of unbranched alkanes of at least 4 members (excludes halogenated alkanes) is 1. The molecule has 3 saturated carbocycles. The zero-order valence-electron chi connectivity index (χ0n) is 21.9. The molecule has 9 unspecified atom stereocenters. The number of rotatable bonds is 6. The highest BCUT2D eigenvalue weighted by Crippen LogP contribution is 2.50. The predicted molar refractivity (Wildman–Crippen MR) is 138 cm³/mol. The van der Waals surface area contributed by atoms with E-state index in [0.717, 1.165) is 38.6 Å². The van der Waals surface area contributed by atoms with Gasteiger partial charge in [-0.1, -0.05) is 25.7 Å². The molecule has 0 aromatic rings. The molecular weight excluding hydrogens is 473 g/mol. The molecule has 9 heteroatoms. The summed E-state index contributed by atoms with van der Waals surface area (Å²) in [5.41, 5.74) is 12.0. The fourth-order valence-electron chi connectivity index (χ4n) is 8.52. The van der Waals surface area contributed by atoms with Crippen molar-refractivity contribution in [2.24, 2.45) is 29.2 Å². The van der Waals surface area contributed by atoms with Crippen molar-refractivity contribution >= 4 is 11.7 Å². The van der Waals surface area contributed by atoms with Gasteiger partial charge in [0, 0.05) is 37.8 Å². The minimum absolute atomic E-state index is 0.00337. The van der Waals surface area contributed by atoms with E-state index < -0.39 is 24.2 Å². The van der Waals surface area contributed by atoms with Crippen LogP contribution in [0.2, 0.25) is 0 Å². The number of likely N-dealkylation sites (tertiary alicyclic amines) is 1. The number of Topliss-reactive ketones (excluding diaryl/α,β-unsaturated/α-hetero) is 1. The summed E-state index contributed by atoms with van der Waals surface area (Å²) in [7, 11) is 0. The van der Waals surface area contributed by atoms with E-state index in [0.29, 0.717) is 31.5 Å². The summed E-state index contributed by atoms with van der Waals surface area (Å²) in [6.45, 7) is 2.49. The number of halogens is 1. The lowest BCUT2D eigenvalue weighted by Crippen LogP contribution is -2.73. The second-order valence-corrected chi connectivity index (χ2v) is 12.5. The fraction of sp³-hybridized carbons (Fsp3) is 0.857. The summed E-state index contributed by atoms with van der Waals surface area (Å²) in [6.07, 6.45) is 9.92. The van der Waals surface area contributed by atoms with Gasteiger partial charge < -0.3 is 26.4 Å². The van der Waals surface area contributed by atoms with Crippen molar-refractivity contribution in [1.29, 1.82) is 0 Å². The quantitative estimate of drug-likeness (QED) is 0.361. The first-order valence-electron chi connectivity index (χ1n) is 14.8. The number of nitrogens with zero attached hydrogens (tertiary/aromatic N) is 2. The van der Waals surface area contributed by atoms with Crippen molar-refractivity contribution in [3.63, 3.8) is 0 Å². The Morgan fingerprint density at radius 1 is 1.11 bits per heavy atom. The van der Waals surface area contributed by atoms with Crippen LogP contribution in [-0.4, -0.2) is 90.2 Å². The molecule has 3 heterocycles. The van der Waals surface area contributed by atoms with Crippen LogP contribution in [0.5, 0.6) is 0 Å². The number of ketones is 1. The van der Waals surface area contributed by atoms with Crippen LogP contribution in [0.1, 0.15) is 64.2 Å². The third kappa shape index (κ3) is 4.64. The van der Waals surface area contributed by atoms with Gasteiger partial charge in [0.25, 0.3) is 5.91 Å². The number of alkyl halides is 1. The number of ether oxygens (including phenoxy) is 1. The number of carbonyl (C=O) groups is 2. The normalized spacial score (nSPS) is 43.5. The highest BCUT2D eigenvalue weighted by atomic mass is 19.1. The minimum Gasteiger partial charge on any atom is -0.369 e. The molecule has 8 nitrogen and oxygen atoms in total. The van der Waals surface area contributed by atoms with E-state index in [-0.39, 0.29) is 47.9 Å². The Morgan fingerprint density at radius 3 is 2.62 bits per heavy atom. The Hall–Kier alpha value is -1.55.